The van der Waals surface area contributed by atoms with Crippen LogP contribution in [0.5, 0.6) is 5.75 Å². The van der Waals surface area contributed by atoms with Crippen molar-refractivity contribution in [2.24, 2.45) is 0 Å². The molecule has 2 aromatic rings. The molecule has 94 valence electrons. The minimum Gasteiger partial charge on any atom is -0.508 e. The lowest BCUT2D eigenvalue weighted by Gasteiger charge is -2.06. The van der Waals surface area contributed by atoms with Crippen LogP contribution in [0.3, 0.4) is 0 Å². The van der Waals surface area contributed by atoms with Gasteiger partial charge in [0, 0.05) is 6.07 Å². The summed E-state index contributed by atoms with van der Waals surface area (Å²) in [6, 6.07) is 9.12. The maximum absolute atomic E-state index is 13.6. The van der Waals surface area contributed by atoms with Gasteiger partial charge in [0.05, 0.1) is 4.90 Å². The van der Waals surface area contributed by atoms with E-state index < -0.39 is 20.5 Å². The van der Waals surface area contributed by atoms with E-state index in [1.54, 1.807) is 12.1 Å². The molecule has 0 amide bonds. The van der Waals surface area contributed by atoms with Gasteiger partial charge in [-0.1, -0.05) is 17.7 Å². The van der Waals surface area contributed by atoms with Crippen LogP contribution < -0.4 is 0 Å². The lowest BCUT2D eigenvalue weighted by molar-refractivity contribution is 0.466. The van der Waals surface area contributed by atoms with Crippen molar-refractivity contribution in [3.05, 3.63) is 53.8 Å². The van der Waals surface area contributed by atoms with E-state index in [2.05, 4.69) is 0 Å². The average Bonchev–Trinajstić information content (AvgIpc) is 2.29. The standard InChI is InChI=1S/C13H11FO3S/c1-9-2-5-11(6-3-9)18(16,17)13-7-4-10(15)8-12(13)14/h2-8,15H,1H3. The van der Waals surface area contributed by atoms with E-state index in [1.165, 1.54) is 12.1 Å². The van der Waals surface area contributed by atoms with Gasteiger partial charge in [-0.3, -0.25) is 0 Å². The SMILES string of the molecule is Cc1ccc(S(=O)(=O)c2ccc(O)cc2F)cc1. The molecule has 0 fully saturated rings. The molecule has 0 bridgehead atoms. The lowest BCUT2D eigenvalue weighted by Crippen LogP contribution is -2.04. The van der Waals surface area contributed by atoms with Crippen molar-refractivity contribution in [3.63, 3.8) is 0 Å². The Balaban J connectivity index is 2.58. The number of benzene rings is 2. The minimum atomic E-state index is -3.89. The van der Waals surface area contributed by atoms with Crippen LogP contribution in [0.15, 0.2) is 52.3 Å². The van der Waals surface area contributed by atoms with Crippen LogP contribution >= 0.6 is 0 Å². The molecule has 2 rings (SSSR count). The summed E-state index contributed by atoms with van der Waals surface area (Å²) in [7, 11) is -3.89. The number of phenols is 1. The maximum atomic E-state index is 13.6. The topological polar surface area (TPSA) is 54.4 Å². The summed E-state index contributed by atoms with van der Waals surface area (Å²) in [5, 5.41) is 9.08. The van der Waals surface area contributed by atoms with Crippen molar-refractivity contribution in [1.82, 2.24) is 0 Å². The Morgan fingerprint density at radius 1 is 1.06 bits per heavy atom. The Hall–Kier alpha value is -1.88. The van der Waals surface area contributed by atoms with Crippen molar-refractivity contribution in [2.75, 3.05) is 0 Å². The number of hydrogen-bond acceptors (Lipinski definition) is 3. The Labute approximate surface area is 104 Å². The Bertz CT molecular complexity index is 676. The second-order valence-corrected chi connectivity index (χ2v) is 5.85. The molecule has 0 heterocycles. The summed E-state index contributed by atoms with van der Waals surface area (Å²) >= 11 is 0. The summed E-state index contributed by atoms with van der Waals surface area (Å²) in [5.41, 5.74) is 0.917. The van der Waals surface area contributed by atoms with Crippen molar-refractivity contribution < 1.29 is 17.9 Å². The van der Waals surface area contributed by atoms with Gasteiger partial charge in [-0.2, -0.15) is 0 Å². The molecular weight excluding hydrogens is 255 g/mol. The third kappa shape index (κ3) is 2.22. The smallest absolute Gasteiger partial charge is 0.209 e. The molecule has 0 aliphatic rings. The molecule has 0 saturated heterocycles. The highest BCUT2D eigenvalue weighted by atomic mass is 32.2. The number of hydrogen-bond donors (Lipinski definition) is 1. The first kappa shape index (κ1) is 12.6. The van der Waals surface area contributed by atoms with Gasteiger partial charge in [0.2, 0.25) is 9.84 Å². The highest BCUT2D eigenvalue weighted by Gasteiger charge is 2.21. The van der Waals surface area contributed by atoms with E-state index in [4.69, 9.17) is 5.11 Å². The van der Waals surface area contributed by atoms with E-state index in [-0.39, 0.29) is 10.6 Å². The van der Waals surface area contributed by atoms with Crippen LogP contribution in [0.2, 0.25) is 0 Å². The summed E-state index contributed by atoms with van der Waals surface area (Å²) in [6.07, 6.45) is 0. The van der Waals surface area contributed by atoms with Gasteiger partial charge in [-0.25, -0.2) is 12.8 Å². The molecular formula is C13H11FO3S. The van der Waals surface area contributed by atoms with Crippen molar-refractivity contribution in [3.8, 4) is 5.75 Å². The fourth-order valence-electron chi connectivity index (χ4n) is 1.55. The first-order valence-electron chi connectivity index (χ1n) is 5.21. The van der Waals surface area contributed by atoms with Gasteiger partial charge in [-0.15, -0.1) is 0 Å². The van der Waals surface area contributed by atoms with E-state index in [9.17, 15) is 12.8 Å². The average molecular weight is 266 g/mol. The first-order valence-corrected chi connectivity index (χ1v) is 6.70. The van der Waals surface area contributed by atoms with Crippen LogP contribution in [0.4, 0.5) is 4.39 Å². The van der Waals surface area contributed by atoms with Crippen molar-refractivity contribution in [2.45, 2.75) is 16.7 Å². The molecule has 1 N–H and O–H groups in total. The van der Waals surface area contributed by atoms with Crippen LogP contribution in [0.25, 0.3) is 0 Å². The molecule has 0 unspecified atom stereocenters. The largest absolute Gasteiger partial charge is 0.508 e. The number of aryl methyl sites for hydroxylation is 1. The van der Waals surface area contributed by atoms with Gasteiger partial charge in [-0.05, 0) is 31.2 Å². The third-order valence-corrected chi connectivity index (χ3v) is 4.34. The van der Waals surface area contributed by atoms with Crippen LogP contribution in [0.1, 0.15) is 5.56 Å². The number of sulfone groups is 1. The zero-order chi connectivity index (χ0) is 13.3. The van der Waals surface area contributed by atoms with E-state index in [1.807, 2.05) is 6.92 Å². The fraction of sp³-hybridized carbons (Fsp3) is 0.0769. The summed E-state index contributed by atoms with van der Waals surface area (Å²) < 4.78 is 37.9. The molecule has 0 aliphatic heterocycles. The maximum Gasteiger partial charge on any atom is 0.209 e. The molecule has 0 atom stereocenters. The van der Waals surface area contributed by atoms with Gasteiger partial charge < -0.3 is 5.11 Å². The molecule has 2 aromatic carbocycles. The van der Waals surface area contributed by atoms with E-state index in [0.29, 0.717) is 0 Å². The Kier molecular flexibility index (Phi) is 3.09. The van der Waals surface area contributed by atoms with Crippen LogP contribution in [-0.2, 0) is 9.84 Å². The molecule has 18 heavy (non-hydrogen) atoms. The van der Waals surface area contributed by atoms with E-state index in [0.717, 1.165) is 23.8 Å². The predicted octanol–water partition coefficient (Wildman–Crippen LogP) is 2.67. The summed E-state index contributed by atoms with van der Waals surface area (Å²) in [4.78, 5) is -0.415. The number of aromatic hydroxyl groups is 1. The van der Waals surface area contributed by atoms with Crippen LogP contribution in [0, 0.1) is 12.7 Å². The lowest BCUT2D eigenvalue weighted by atomic mass is 10.2. The predicted molar refractivity (Wildman–Crippen MR) is 64.7 cm³/mol. The fourth-order valence-corrected chi connectivity index (χ4v) is 2.86. The molecule has 0 saturated carbocycles. The molecule has 0 spiro atoms. The van der Waals surface area contributed by atoms with E-state index >= 15 is 0 Å². The normalized spacial score (nSPS) is 11.4. The number of rotatable bonds is 2. The molecule has 0 aromatic heterocycles. The second kappa shape index (κ2) is 4.42. The zero-order valence-electron chi connectivity index (χ0n) is 9.59. The highest BCUT2D eigenvalue weighted by Crippen LogP contribution is 2.25. The van der Waals surface area contributed by atoms with Gasteiger partial charge in [0.25, 0.3) is 0 Å². The summed E-state index contributed by atoms with van der Waals surface area (Å²) in [5.74, 6) is -1.27. The molecule has 0 aliphatic carbocycles. The van der Waals surface area contributed by atoms with Crippen LogP contribution in [-0.4, -0.2) is 13.5 Å². The molecule has 5 heteroatoms. The Morgan fingerprint density at radius 3 is 2.22 bits per heavy atom. The number of phenolic OH excluding ortho intramolecular Hbond substituents is 1. The quantitative estimate of drug-likeness (QED) is 0.909. The first-order chi connectivity index (χ1) is 8.41. The van der Waals surface area contributed by atoms with Gasteiger partial charge in [0.15, 0.2) is 0 Å². The highest BCUT2D eigenvalue weighted by molar-refractivity contribution is 7.91. The van der Waals surface area contributed by atoms with Crippen molar-refractivity contribution in [1.29, 1.82) is 0 Å². The number of halogens is 1. The van der Waals surface area contributed by atoms with Crippen molar-refractivity contribution >= 4 is 9.84 Å². The van der Waals surface area contributed by atoms with Gasteiger partial charge in [0.1, 0.15) is 16.5 Å². The Morgan fingerprint density at radius 2 is 1.67 bits per heavy atom. The molecule has 0 radical (unpaired) electrons. The summed E-state index contributed by atoms with van der Waals surface area (Å²) in [6.45, 7) is 1.83. The van der Waals surface area contributed by atoms with Gasteiger partial charge >= 0.3 is 0 Å². The molecule has 3 nitrogen and oxygen atoms in total. The zero-order valence-corrected chi connectivity index (χ0v) is 10.4. The third-order valence-electron chi connectivity index (χ3n) is 2.54. The minimum absolute atomic E-state index is 0.0256. The monoisotopic (exact) mass is 266 g/mol. The second-order valence-electron chi connectivity index (χ2n) is 3.93.